The second kappa shape index (κ2) is 10.0. The minimum Gasteiger partial charge on any atom is -0.412 e. The minimum atomic E-state index is -1.65. The zero-order chi connectivity index (χ0) is 19.4. The van der Waals surface area contributed by atoms with Gasteiger partial charge in [-0.1, -0.05) is 44.0 Å². The average Bonchev–Trinajstić information content (AvgIpc) is 2.99. The summed E-state index contributed by atoms with van der Waals surface area (Å²) >= 11 is 21.3. The highest BCUT2D eigenvalue weighted by molar-refractivity contribution is 9.11. The molecule has 2 nitrogen and oxygen atoms in total. The van der Waals surface area contributed by atoms with E-state index in [1.807, 2.05) is 12.1 Å². The maximum absolute atomic E-state index is 8.61. The summed E-state index contributed by atoms with van der Waals surface area (Å²) in [4.78, 5) is 2.06. The van der Waals surface area contributed by atoms with Gasteiger partial charge in [-0.3, -0.25) is 0 Å². The van der Waals surface area contributed by atoms with Crippen LogP contribution >= 0.6 is 77.7 Å². The summed E-state index contributed by atoms with van der Waals surface area (Å²) in [6.07, 6.45) is 0. The van der Waals surface area contributed by atoms with E-state index in [4.69, 9.17) is 32.7 Å². The van der Waals surface area contributed by atoms with E-state index in [0.717, 1.165) is 18.2 Å². The Labute approximate surface area is 185 Å². The molecule has 0 saturated heterocycles. The molecule has 9 heteroatoms. The molecule has 0 spiro atoms. The van der Waals surface area contributed by atoms with E-state index >= 15 is 0 Å². The summed E-state index contributed by atoms with van der Waals surface area (Å²) in [6, 6.07) is 3.85. The molecule has 0 bridgehead atoms. The Balaban J connectivity index is 0.000000293. The Morgan fingerprint density at radius 2 is 1.48 bits per heavy atom. The number of rotatable bonds is 4. The van der Waals surface area contributed by atoms with Crippen LogP contribution in [0, 0.1) is 0 Å². The third-order valence-electron chi connectivity index (χ3n) is 3.93. The zero-order valence-electron chi connectivity index (χ0n) is 14.8. The number of hydrogen-bond donors (Lipinski definition) is 1. The Morgan fingerprint density at radius 3 is 1.76 bits per heavy atom. The van der Waals surface area contributed by atoms with Gasteiger partial charge in [0, 0.05) is 18.7 Å². The number of halogens is 4. The molecule has 0 aliphatic heterocycles. The van der Waals surface area contributed by atoms with Crippen LogP contribution in [-0.2, 0) is 17.6 Å². The molecule has 0 atom stereocenters. The van der Waals surface area contributed by atoms with Crippen LogP contribution in [0.4, 0.5) is 0 Å². The van der Waals surface area contributed by atoms with Crippen molar-refractivity contribution in [1.82, 2.24) is 0 Å². The van der Waals surface area contributed by atoms with E-state index in [1.54, 1.807) is 11.3 Å². The Bertz CT molecular complexity index is 658. The Morgan fingerprint density at radius 1 is 1.04 bits per heavy atom. The van der Waals surface area contributed by atoms with E-state index < -0.39 is 8.32 Å². The summed E-state index contributed by atoms with van der Waals surface area (Å²) < 4.78 is 9.44. The lowest BCUT2D eigenvalue weighted by atomic mass is 10.2. The minimum absolute atomic E-state index is 0.0655. The van der Waals surface area contributed by atoms with Gasteiger partial charge in [0.05, 0.1) is 13.2 Å². The van der Waals surface area contributed by atoms with Crippen molar-refractivity contribution in [3.8, 4) is 0 Å². The molecule has 0 unspecified atom stereocenters. The fraction of sp³-hybridized carbons (Fsp3) is 0.500. The van der Waals surface area contributed by atoms with Gasteiger partial charge in [-0.25, -0.2) is 0 Å². The highest BCUT2D eigenvalue weighted by atomic mass is 79.9. The van der Waals surface area contributed by atoms with Gasteiger partial charge in [-0.05, 0) is 62.1 Å². The summed E-state index contributed by atoms with van der Waals surface area (Å²) in [5, 5.41) is 8.86. The molecule has 2 aromatic rings. The van der Waals surface area contributed by atoms with Crippen molar-refractivity contribution in [2.45, 2.75) is 52.1 Å². The van der Waals surface area contributed by atoms with Crippen LogP contribution in [-0.4, -0.2) is 13.4 Å². The molecule has 0 fully saturated rings. The van der Waals surface area contributed by atoms with Crippen molar-refractivity contribution >= 4 is 86.1 Å². The van der Waals surface area contributed by atoms with Crippen LogP contribution in [0.15, 0.2) is 21.1 Å². The quantitative estimate of drug-likeness (QED) is 0.375. The van der Waals surface area contributed by atoms with E-state index in [9.17, 15) is 0 Å². The Hall–Kier alpha value is 1.08. The summed E-state index contributed by atoms with van der Waals surface area (Å²) in [7, 11) is -1.65. The van der Waals surface area contributed by atoms with Crippen molar-refractivity contribution < 1.29 is 9.53 Å². The monoisotopic (exact) mass is 566 g/mol. The summed E-state index contributed by atoms with van der Waals surface area (Å²) in [6.45, 7) is 12.0. The number of aliphatic hydroxyl groups is 1. The van der Waals surface area contributed by atoms with Gasteiger partial charge < -0.3 is 9.53 Å². The first-order valence-corrected chi connectivity index (χ1v) is 14.4. The van der Waals surface area contributed by atoms with Crippen LogP contribution in [0.2, 0.25) is 26.8 Å². The second-order valence-corrected chi connectivity index (χ2v) is 16.9. The van der Waals surface area contributed by atoms with Crippen molar-refractivity contribution in [3.63, 3.8) is 0 Å². The first-order chi connectivity index (χ1) is 11.4. The molecule has 25 heavy (non-hydrogen) atoms. The van der Waals surface area contributed by atoms with Gasteiger partial charge in [0.25, 0.3) is 0 Å². The molecule has 1 N–H and O–H groups in total. The van der Waals surface area contributed by atoms with Crippen molar-refractivity contribution in [3.05, 3.63) is 39.5 Å². The maximum atomic E-state index is 8.61. The molecule has 0 amide bonds. The highest BCUT2D eigenvalue weighted by Crippen LogP contribution is 2.38. The van der Waals surface area contributed by atoms with Gasteiger partial charge in [0.1, 0.15) is 8.67 Å². The van der Waals surface area contributed by atoms with Crippen molar-refractivity contribution in [2.75, 3.05) is 0 Å². The largest absolute Gasteiger partial charge is 0.412 e. The van der Waals surface area contributed by atoms with E-state index in [1.165, 1.54) is 16.2 Å². The number of thiophene rings is 2. The normalized spacial score (nSPS) is 12.1. The van der Waals surface area contributed by atoms with E-state index in [-0.39, 0.29) is 11.6 Å². The molecular formula is C16H22Br2Cl2O2S2Si. The lowest BCUT2D eigenvalue weighted by Crippen LogP contribution is -2.40. The van der Waals surface area contributed by atoms with E-state index in [2.05, 4.69) is 65.7 Å². The van der Waals surface area contributed by atoms with Crippen LogP contribution in [0.3, 0.4) is 0 Å². The maximum Gasteiger partial charge on any atom is 0.192 e. The number of hydrogen-bond acceptors (Lipinski definition) is 4. The fourth-order valence-electron chi connectivity index (χ4n) is 1.40. The molecule has 0 radical (unpaired) electrons. The molecule has 2 heterocycles. The van der Waals surface area contributed by atoms with Crippen LogP contribution in [0.25, 0.3) is 0 Å². The van der Waals surface area contributed by atoms with Crippen molar-refractivity contribution in [1.29, 1.82) is 0 Å². The molecule has 0 aliphatic carbocycles. The smallest absolute Gasteiger partial charge is 0.192 e. The zero-order valence-corrected chi connectivity index (χ0v) is 22.1. The van der Waals surface area contributed by atoms with Gasteiger partial charge in [0.15, 0.2) is 8.32 Å². The SMILES string of the molecule is CC(C)(C)[Si](C)(C)OCc1cc(Br)c(Cl)s1.OCc1cc(Br)c(Cl)s1. The van der Waals surface area contributed by atoms with Gasteiger partial charge in [-0.2, -0.15) is 0 Å². The Kier molecular flexibility index (Phi) is 9.67. The van der Waals surface area contributed by atoms with Crippen LogP contribution < -0.4 is 0 Å². The average molecular weight is 569 g/mol. The lowest BCUT2D eigenvalue weighted by Gasteiger charge is -2.35. The third kappa shape index (κ3) is 7.54. The fourth-order valence-corrected chi connectivity index (χ4v) is 5.81. The molecular weight excluding hydrogens is 547 g/mol. The first kappa shape index (κ1) is 24.1. The van der Waals surface area contributed by atoms with Crippen LogP contribution in [0.1, 0.15) is 30.5 Å². The van der Waals surface area contributed by atoms with Gasteiger partial charge in [-0.15, -0.1) is 22.7 Å². The first-order valence-electron chi connectivity index (χ1n) is 7.49. The van der Waals surface area contributed by atoms with Gasteiger partial charge in [0.2, 0.25) is 0 Å². The molecule has 2 aromatic heterocycles. The summed E-state index contributed by atoms with van der Waals surface area (Å²) in [5.74, 6) is 0. The van der Waals surface area contributed by atoms with E-state index in [0.29, 0.717) is 10.9 Å². The summed E-state index contributed by atoms with van der Waals surface area (Å²) in [5.41, 5.74) is 0. The topological polar surface area (TPSA) is 29.5 Å². The third-order valence-corrected chi connectivity index (χ3v) is 13.3. The predicted octanol–water partition coefficient (Wildman–Crippen LogP) is 8.34. The van der Waals surface area contributed by atoms with Crippen molar-refractivity contribution in [2.24, 2.45) is 0 Å². The predicted molar refractivity (Wildman–Crippen MR) is 122 cm³/mol. The molecule has 0 aliphatic rings. The number of aliphatic hydroxyl groups excluding tert-OH is 1. The molecule has 0 saturated carbocycles. The highest BCUT2D eigenvalue weighted by Gasteiger charge is 2.37. The standard InChI is InChI=1S/C11H18BrClOSSi.C5H4BrClOS/c1-11(2,3)16(4,5)14-7-8-6-9(12)10(13)15-8;6-4-1-3(2-8)9-5(4)7/h6H,7H2,1-5H3;1,8H,2H2. The molecule has 2 rings (SSSR count). The van der Waals surface area contributed by atoms with Crippen LogP contribution in [0.5, 0.6) is 0 Å². The second-order valence-electron chi connectivity index (χ2n) is 6.88. The molecule has 0 aromatic carbocycles. The lowest BCUT2D eigenvalue weighted by molar-refractivity contribution is 0.279. The molecule has 142 valence electrons. The van der Waals surface area contributed by atoms with Gasteiger partial charge >= 0.3 is 0 Å².